The number of amides is 1. The summed E-state index contributed by atoms with van der Waals surface area (Å²) >= 11 is 0.526. The van der Waals surface area contributed by atoms with Gasteiger partial charge >= 0.3 is 6.18 Å². The maximum atomic E-state index is 11.9. The molecule has 9 heteroatoms. The Morgan fingerprint density at radius 1 is 1.29 bits per heavy atom. The minimum Gasteiger partial charge on any atom is -0.492 e. The SMILES string of the molecule is Cl.NCCOc1ccc(NC(=O)CSCC(F)(F)F)cc1. The number of benzene rings is 1. The lowest BCUT2D eigenvalue weighted by molar-refractivity contribution is -0.113. The molecule has 1 rings (SSSR count). The predicted octanol–water partition coefficient (Wildman–Crippen LogP) is 2.68. The summed E-state index contributed by atoms with van der Waals surface area (Å²) in [5, 5.41) is 2.50. The standard InChI is InChI=1S/C12H15F3N2O2S.ClH/c13-12(14,15)8-20-7-11(18)17-9-1-3-10(4-2-9)19-6-5-16;/h1-4H,5-8,16H2,(H,17,18);1H. The van der Waals surface area contributed by atoms with Gasteiger partial charge < -0.3 is 15.8 Å². The molecule has 0 radical (unpaired) electrons. The number of thioether (sulfide) groups is 1. The van der Waals surface area contributed by atoms with Crippen LogP contribution in [0.5, 0.6) is 5.75 Å². The minimum atomic E-state index is -4.26. The highest BCUT2D eigenvalue weighted by molar-refractivity contribution is 8.00. The summed E-state index contributed by atoms with van der Waals surface area (Å²) in [7, 11) is 0. The molecule has 0 saturated heterocycles. The van der Waals surface area contributed by atoms with Gasteiger partial charge in [-0.25, -0.2) is 0 Å². The fourth-order valence-corrected chi connectivity index (χ4v) is 1.86. The smallest absolute Gasteiger partial charge is 0.397 e. The van der Waals surface area contributed by atoms with Gasteiger partial charge in [0, 0.05) is 12.2 Å². The topological polar surface area (TPSA) is 64.3 Å². The van der Waals surface area contributed by atoms with Gasteiger partial charge in [0.15, 0.2) is 0 Å². The molecule has 0 heterocycles. The van der Waals surface area contributed by atoms with Crippen LogP contribution in [0.2, 0.25) is 0 Å². The van der Waals surface area contributed by atoms with E-state index in [1.54, 1.807) is 24.3 Å². The number of hydrogen-bond acceptors (Lipinski definition) is 4. The normalized spacial score (nSPS) is 10.7. The predicted molar refractivity (Wildman–Crippen MR) is 80.2 cm³/mol. The molecular formula is C12H16ClF3N2O2S. The lowest BCUT2D eigenvalue weighted by atomic mass is 10.3. The molecule has 3 N–H and O–H groups in total. The first-order valence-electron chi connectivity index (χ1n) is 5.78. The maximum absolute atomic E-state index is 11.9. The number of nitrogens with one attached hydrogen (secondary N) is 1. The van der Waals surface area contributed by atoms with E-state index in [4.69, 9.17) is 10.5 Å². The molecule has 21 heavy (non-hydrogen) atoms. The molecule has 0 saturated carbocycles. The molecule has 0 spiro atoms. The Balaban J connectivity index is 0.00000400. The molecule has 0 aliphatic carbocycles. The van der Waals surface area contributed by atoms with Gasteiger partial charge in [-0.15, -0.1) is 24.2 Å². The van der Waals surface area contributed by atoms with Crippen molar-refractivity contribution in [3.05, 3.63) is 24.3 Å². The van der Waals surface area contributed by atoms with E-state index in [0.29, 0.717) is 36.4 Å². The number of alkyl halides is 3. The Kier molecular flexibility index (Phi) is 9.23. The van der Waals surface area contributed by atoms with E-state index in [1.165, 1.54) is 0 Å². The highest BCUT2D eigenvalue weighted by Crippen LogP contribution is 2.21. The highest BCUT2D eigenvalue weighted by Gasteiger charge is 2.27. The first-order valence-corrected chi connectivity index (χ1v) is 6.93. The fourth-order valence-electron chi connectivity index (χ4n) is 1.27. The van der Waals surface area contributed by atoms with Crippen molar-refractivity contribution in [2.24, 2.45) is 5.73 Å². The van der Waals surface area contributed by atoms with E-state index < -0.39 is 17.8 Å². The van der Waals surface area contributed by atoms with E-state index >= 15 is 0 Å². The average Bonchev–Trinajstić information content (AvgIpc) is 2.36. The van der Waals surface area contributed by atoms with Crippen molar-refractivity contribution in [1.29, 1.82) is 0 Å². The number of halogens is 4. The molecule has 0 aliphatic heterocycles. The average molecular weight is 345 g/mol. The van der Waals surface area contributed by atoms with E-state index in [9.17, 15) is 18.0 Å². The summed E-state index contributed by atoms with van der Waals surface area (Å²) < 4.78 is 41.0. The summed E-state index contributed by atoms with van der Waals surface area (Å²) in [6.45, 7) is 0.786. The number of hydrogen-bond donors (Lipinski definition) is 2. The lowest BCUT2D eigenvalue weighted by Crippen LogP contribution is -2.17. The van der Waals surface area contributed by atoms with Crippen molar-refractivity contribution in [1.82, 2.24) is 0 Å². The third kappa shape index (κ3) is 9.43. The van der Waals surface area contributed by atoms with E-state index in [0.717, 1.165) is 0 Å². The van der Waals surface area contributed by atoms with Crippen LogP contribution in [-0.2, 0) is 4.79 Å². The molecule has 4 nitrogen and oxygen atoms in total. The molecule has 0 unspecified atom stereocenters. The van der Waals surface area contributed by atoms with E-state index in [-0.39, 0.29) is 18.2 Å². The second kappa shape index (κ2) is 9.75. The zero-order valence-corrected chi connectivity index (χ0v) is 12.6. The first kappa shape index (κ1) is 19.9. The van der Waals surface area contributed by atoms with Crippen LogP contribution in [0.25, 0.3) is 0 Å². The molecule has 0 aromatic heterocycles. The number of carbonyl (C=O) groups excluding carboxylic acids is 1. The van der Waals surface area contributed by atoms with Gasteiger partial charge in [-0.3, -0.25) is 4.79 Å². The molecule has 1 amide bonds. The van der Waals surface area contributed by atoms with E-state index in [2.05, 4.69) is 5.32 Å². The van der Waals surface area contributed by atoms with Crippen LogP contribution < -0.4 is 15.8 Å². The Morgan fingerprint density at radius 3 is 2.43 bits per heavy atom. The van der Waals surface area contributed by atoms with Crippen LogP contribution in [-0.4, -0.2) is 36.7 Å². The van der Waals surface area contributed by atoms with Crippen molar-refractivity contribution < 1.29 is 22.7 Å². The van der Waals surface area contributed by atoms with Crippen LogP contribution in [0.4, 0.5) is 18.9 Å². The number of carbonyl (C=O) groups is 1. The maximum Gasteiger partial charge on any atom is 0.397 e. The molecule has 1 aromatic rings. The van der Waals surface area contributed by atoms with Crippen molar-refractivity contribution in [2.75, 3.05) is 30.0 Å². The molecule has 0 aliphatic rings. The van der Waals surface area contributed by atoms with Gasteiger partial charge in [0.2, 0.25) is 5.91 Å². The van der Waals surface area contributed by atoms with Crippen LogP contribution >= 0.6 is 24.2 Å². The van der Waals surface area contributed by atoms with Crippen LogP contribution in [0.15, 0.2) is 24.3 Å². The zero-order chi connectivity index (χ0) is 15.0. The second-order valence-electron chi connectivity index (χ2n) is 3.82. The van der Waals surface area contributed by atoms with Gasteiger partial charge in [-0.2, -0.15) is 13.2 Å². The highest BCUT2D eigenvalue weighted by atomic mass is 35.5. The Morgan fingerprint density at radius 2 is 1.90 bits per heavy atom. The van der Waals surface area contributed by atoms with E-state index in [1.807, 2.05) is 0 Å². The summed E-state index contributed by atoms with van der Waals surface area (Å²) in [6.07, 6.45) is -4.26. The summed E-state index contributed by atoms with van der Waals surface area (Å²) in [4.78, 5) is 11.4. The quantitative estimate of drug-likeness (QED) is 0.798. The van der Waals surface area contributed by atoms with Gasteiger partial charge in [-0.05, 0) is 24.3 Å². The monoisotopic (exact) mass is 344 g/mol. The summed E-state index contributed by atoms with van der Waals surface area (Å²) in [5.41, 5.74) is 5.79. The van der Waals surface area contributed by atoms with Crippen molar-refractivity contribution in [2.45, 2.75) is 6.18 Å². The number of rotatable bonds is 7. The largest absolute Gasteiger partial charge is 0.492 e. The summed E-state index contributed by atoms with van der Waals surface area (Å²) in [6, 6.07) is 6.51. The van der Waals surface area contributed by atoms with Crippen LogP contribution in [0, 0.1) is 0 Å². The Labute approximate surface area is 131 Å². The molecule has 0 atom stereocenters. The van der Waals surface area contributed by atoms with Crippen LogP contribution in [0.1, 0.15) is 0 Å². The fraction of sp³-hybridized carbons (Fsp3) is 0.417. The van der Waals surface area contributed by atoms with Gasteiger partial charge in [0.25, 0.3) is 0 Å². The molecule has 0 fully saturated rings. The van der Waals surface area contributed by atoms with Crippen molar-refractivity contribution >= 4 is 35.8 Å². The lowest BCUT2D eigenvalue weighted by Gasteiger charge is -2.08. The van der Waals surface area contributed by atoms with Gasteiger partial charge in [-0.1, -0.05) is 0 Å². The molecule has 120 valence electrons. The molecular weight excluding hydrogens is 329 g/mol. The third-order valence-corrected chi connectivity index (χ3v) is 3.02. The van der Waals surface area contributed by atoms with Crippen molar-refractivity contribution in [3.8, 4) is 5.75 Å². The second-order valence-corrected chi connectivity index (χ2v) is 4.80. The third-order valence-electron chi connectivity index (χ3n) is 2.02. The van der Waals surface area contributed by atoms with Crippen LogP contribution in [0.3, 0.4) is 0 Å². The Bertz CT molecular complexity index is 430. The number of ether oxygens (including phenoxy) is 1. The minimum absolute atomic E-state index is 0. The number of nitrogens with two attached hydrogens (primary N) is 1. The van der Waals surface area contributed by atoms with Gasteiger partial charge in [0.05, 0.1) is 11.5 Å². The Hall–Kier alpha value is -1.12. The molecule has 0 bridgehead atoms. The van der Waals surface area contributed by atoms with Crippen molar-refractivity contribution in [3.63, 3.8) is 0 Å². The molecule has 1 aromatic carbocycles. The van der Waals surface area contributed by atoms with Gasteiger partial charge in [0.1, 0.15) is 12.4 Å². The number of anilines is 1. The zero-order valence-electron chi connectivity index (χ0n) is 11.0. The first-order chi connectivity index (χ1) is 9.40. The summed E-state index contributed by atoms with van der Waals surface area (Å²) in [5.74, 6) is -1.15.